The number of para-hydroxylation sites is 8. The van der Waals surface area contributed by atoms with Gasteiger partial charge in [0.15, 0.2) is 0 Å². The van der Waals surface area contributed by atoms with E-state index in [1.807, 2.05) is 24.4 Å². The van der Waals surface area contributed by atoms with Crippen molar-refractivity contribution >= 4 is 131 Å². The quantitative estimate of drug-likeness (QED) is 0.145. The van der Waals surface area contributed by atoms with Gasteiger partial charge in [0.1, 0.15) is 0 Å². The van der Waals surface area contributed by atoms with Crippen molar-refractivity contribution in [2.24, 2.45) is 0 Å². The van der Waals surface area contributed by atoms with Crippen LogP contribution >= 0.6 is 0 Å². The molecule has 0 N–H and O–H groups in total. The standard InChI is InChI=1S/C96H58N8/c97-58-60-18-17-19-63(52-60)78-57-84(62-38-42-65(43-39-62)100-95-50-46-68(103-89-32-13-5-24-74(89)75-25-6-14-33-90(75)103)55-81(95)82-56-69(47-51-96(82)100)104-91-34-15-7-26-76(91)77-27-8-16-35-92(77)104)98-59-83(78)61-36-40-64(41-37-61)99-93-48-44-66(101-85-28-9-1-20-70(85)71-21-2-10-29-86(71)101)53-79(93)80-54-67(45-49-94(80)99)102-87-30-11-3-22-72(87)73-23-4-12-31-88(73)102/h1-57,59H. The fourth-order valence-electron chi connectivity index (χ4n) is 17.3. The molecule has 22 aromatic rings. The topological polar surface area (TPSA) is 66.3 Å². The number of nitrogens with zero attached hydrogens (tertiary/aromatic N) is 8. The summed E-state index contributed by atoms with van der Waals surface area (Å²) in [4.78, 5) is 5.30. The van der Waals surface area contributed by atoms with E-state index in [0.717, 1.165) is 111 Å². The van der Waals surface area contributed by atoms with Gasteiger partial charge >= 0.3 is 0 Å². The van der Waals surface area contributed by atoms with Crippen LogP contribution in [0.2, 0.25) is 0 Å². The zero-order valence-corrected chi connectivity index (χ0v) is 56.1. The fourth-order valence-corrected chi connectivity index (χ4v) is 17.3. The third-order valence-electron chi connectivity index (χ3n) is 21.9. The number of rotatable bonds is 9. The molecular formula is C96H58N8. The van der Waals surface area contributed by atoms with Crippen molar-refractivity contribution in [3.63, 3.8) is 0 Å². The second kappa shape index (κ2) is 22.4. The molecule has 8 heteroatoms. The molecule has 0 radical (unpaired) electrons. The van der Waals surface area contributed by atoms with E-state index in [2.05, 4.69) is 361 Å². The minimum Gasteiger partial charge on any atom is -0.309 e. The van der Waals surface area contributed by atoms with Crippen molar-refractivity contribution < 1.29 is 0 Å². The number of pyridine rings is 1. The Labute approximate surface area is 596 Å². The maximum absolute atomic E-state index is 10.3. The smallest absolute Gasteiger partial charge is 0.0991 e. The van der Waals surface area contributed by atoms with Gasteiger partial charge in [-0.05, 0) is 180 Å². The van der Waals surface area contributed by atoms with Crippen molar-refractivity contribution in [3.8, 4) is 73.7 Å². The summed E-state index contributed by atoms with van der Waals surface area (Å²) in [6.45, 7) is 0. The lowest BCUT2D eigenvalue weighted by Crippen LogP contribution is -1.97. The van der Waals surface area contributed by atoms with E-state index < -0.39 is 0 Å². The molecule has 482 valence electrons. The van der Waals surface area contributed by atoms with E-state index in [4.69, 9.17) is 4.98 Å². The Hall–Kier alpha value is -14.3. The highest BCUT2D eigenvalue weighted by Gasteiger charge is 2.23. The van der Waals surface area contributed by atoms with Gasteiger partial charge in [-0.3, -0.25) is 4.98 Å². The zero-order valence-electron chi connectivity index (χ0n) is 56.1. The molecule has 0 aliphatic rings. The van der Waals surface area contributed by atoms with E-state index in [1.54, 1.807) is 0 Å². The number of nitriles is 1. The molecule has 15 aromatic carbocycles. The molecule has 0 atom stereocenters. The molecule has 0 saturated carbocycles. The minimum absolute atomic E-state index is 0.594. The SMILES string of the molecule is N#Cc1cccc(-c2cc(-c3ccc(-n4c5ccc(-n6c7ccccc7c7ccccc76)cc5c5cc(-n6c7ccccc7c7ccccc76)ccc54)cc3)ncc2-c2ccc(-n3c4ccc(-n5c6ccccc6c6ccccc65)cc4c4cc(-n5c6ccccc6c6ccccc65)ccc43)cc2)c1. The number of hydrogen-bond donors (Lipinski definition) is 0. The Morgan fingerprint density at radius 3 is 0.779 bits per heavy atom. The molecule has 0 saturated heterocycles. The van der Waals surface area contributed by atoms with Crippen molar-refractivity contribution in [1.29, 1.82) is 5.26 Å². The first kappa shape index (κ1) is 57.6. The van der Waals surface area contributed by atoms with E-state index >= 15 is 0 Å². The summed E-state index contributed by atoms with van der Waals surface area (Å²) >= 11 is 0. The molecule has 7 heterocycles. The molecule has 22 rings (SSSR count). The van der Waals surface area contributed by atoms with Crippen molar-refractivity contribution in [3.05, 3.63) is 358 Å². The molecular weight excluding hydrogens is 1270 g/mol. The van der Waals surface area contributed by atoms with Gasteiger partial charge in [-0.25, -0.2) is 0 Å². The monoisotopic (exact) mass is 1320 g/mol. The molecule has 0 aliphatic heterocycles. The fraction of sp³-hybridized carbons (Fsp3) is 0. The lowest BCUT2D eigenvalue weighted by atomic mass is 9.93. The summed E-state index contributed by atoms with van der Waals surface area (Å²) in [5.41, 5.74) is 26.6. The van der Waals surface area contributed by atoms with Crippen molar-refractivity contribution in [2.75, 3.05) is 0 Å². The van der Waals surface area contributed by atoms with Gasteiger partial charge < -0.3 is 27.4 Å². The molecule has 104 heavy (non-hydrogen) atoms. The largest absolute Gasteiger partial charge is 0.309 e. The molecule has 8 nitrogen and oxygen atoms in total. The van der Waals surface area contributed by atoms with Gasteiger partial charge in [-0.1, -0.05) is 182 Å². The van der Waals surface area contributed by atoms with Crippen LogP contribution in [0.3, 0.4) is 0 Å². The molecule has 0 unspecified atom stereocenters. The Morgan fingerprint density at radius 1 is 0.202 bits per heavy atom. The van der Waals surface area contributed by atoms with E-state index in [1.165, 1.54) is 87.2 Å². The number of fused-ring (bicyclic) bond motifs is 18. The van der Waals surface area contributed by atoms with Crippen LogP contribution in [0.4, 0.5) is 0 Å². The second-order valence-electron chi connectivity index (χ2n) is 27.4. The minimum atomic E-state index is 0.594. The summed E-state index contributed by atoms with van der Waals surface area (Å²) in [6, 6.07) is 128. The predicted octanol–water partition coefficient (Wildman–Crippen LogP) is 24.5. The molecule has 0 amide bonds. The van der Waals surface area contributed by atoms with Gasteiger partial charge in [-0.2, -0.15) is 5.26 Å². The normalized spacial score (nSPS) is 12.0. The predicted molar refractivity (Wildman–Crippen MR) is 431 cm³/mol. The van der Waals surface area contributed by atoms with Crippen LogP contribution in [0.25, 0.3) is 198 Å². The van der Waals surface area contributed by atoms with Gasteiger partial charge in [0.05, 0.1) is 83.5 Å². The summed E-state index contributed by atoms with van der Waals surface area (Å²) in [5, 5.41) is 24.8. The Kier molecular flexibility index (Phi) is 12.4. The van der Waals surface area contributed by atoms with Crippen LogP contribution in [-0.2, 0) is 0 Å². The maximum atomic E-state index is 10.3. The highest BCUT2D eigenvalue weighted by molar-refractivity contribution is 6.17. The summed E-state index contributed by atoms with van der Waals surface area (Å²) in [6.07, 6.45) is 2.01. The van der Waals surface area contributed by atoms with Crippen LogP contribution in [-0.4, -0.2) is 32.4 Å². The van der Waals surface area contributed by atoms with Crippen LogP contribution in [0.15, 0.2) is 352 Å². The first-order valence-corrected chi connectivity index (χ1v) is 35.4. The average Bonchev–Trinajstić information content (AvgIpc) is 1.57. The molecule has 0 fully saturated rings. The van der Waals surface area contributed by atoms with E-state index in [9.17, 15) is 5.26 Å². The third kappa shape index (κ3) is 8.50. The number of hydrogen-bond acceptors (Lipinski definition) is 2. The Morgan fingerprint density at radius 2 is 0.471 bits per heavy atom. The molecule has 0 aliphatic carbocycles. The highest BCUT2D eigenvalue weighted by Crippen LogP contribution is 2.44. The highest BCUT2D eigenvalue weighted by atomic mass is 15.0. The molecule has 0 bridgehead atoms. The van der Waals surface area contributed by atoms with E-state index in [-0.39, 0.29) is 0 Å². The summed E-state index contributed by atoms with van der Waals surface area (Å²) in [5.74, 6) is 0. The van der Waals surface area contributed by atoms with Gasteiger partial charge in [0.2, 0.25) is 0 Å². The van der Waals surface area contributed by atoms with Gasteiger partial charge in [-0.15, -0.1) is 0 Å². The van der Waals surface area contributed by atoms with Crippen LogP contribution in [0.1, 0.15) is 5.56 Å². The molecule has 7 aromatic heterocycles. The van der Waals surface area contributed by atoms with Crippen LogP contribution in [0.5, 0.6) is 0 Å². The lowest BCUT2D eigenvalue weighted by Gasteiger charge is -2.15. The summed E-state index contributed by atoms with van der Waals surface area (Å²) in [7, 11) is 0. The molecule has 0 spiro atoms. The maximum Gasteiger partial charge on any atom is 0.0991 e. The van der Waals surface area contributed by atoms with Gasteiger partial charge in [0, 0.05) is 116 Å². The van der Waals surface area contributed by atoms with E-state index in [0.29, 0.717) is 5.56 Å². The van der Waals surface area contributed by atoms with Crippen LogP contribution < -0.4 is 0 Å². The Balaban J connectivity index is 0.667. The number of benzene rings is 15. The second-order valence-corrected chi connectivity index (χ2v) is 27.4. The number of aromatic nitrogens is 7. The first-order chi connectivity index (χ1) is 51.5. The Bertz CT molecular complexity index is 6870. The third-order valence-corrected chi connectivity index (χ3v) is 21.9. The summed E-state index contributed by atoms with van der Waals surface area (Å²) < 4.78 is 14.5. The van der Waals surface area contributed by atoms with Crippen molar-refractivity contribution in [1.82, 2.24) is 32.4 Å². The first-order valence-electron chi connectivity index (χ1n) is 35.4. The van der Waals surface area contributed by atoms with Crippen molar-refractivity contribution in [2.45, 2.75) is 0 Å². The van der Waals surface area contributed by atoms with Gasteiger partial charge in [0.25, 0.3) is 0 Å². The van der Waals surface area contributed by atoms with Crippen LogP contribution in [0, 0.1) is 11.3 Å². The lowest BCUT2D eigenvalue weighted by molar-refractivity contribution is 1.16. The zero-order chi connectivity index (χ0) is 68.3. The average molecular weight is 1320 g/mol.